The highest BCUT2D eigenvalue weighted by molar-refractivity contribution is 7.92. The van der Waals surface area contributed by atoms with Gasteiger partial charge in [-0.05, 0) is 36.4 Å². The van der Waals surface area contributed by atoms with Gasteiger partial charge in [-0.3, -0.25) is 9.10 Å². The first-order valence-electron chi connectivity index (χ1n) is 6.73. The molecular formula is C15H13FN2O4S. The Hall–Kier alpha value is -2.61. The van der Waals surface area contributed by atoms with E-state index in [1.54, 1.807) is 24.3 Å². The average Bonchev–Trinajstić information content (AvgIpc) is 2.54. The molecule has 1 heterocycles. The van der Waals surface area contributed by atoms with Crippen LogP contribution in [0.3, 0.4) is 0 Å². The summed E-state index contributed by atoms with van der Waals surface area (Å²) in [4.78, 5) is 11.4. The van der Waals surface area contributed by atoms with Crippen molar-refractivity contribution in [3.8, 4) is 5.75 Å². The maximum Gasteiger partial charge on any atom is 0.264 e. The van der Waals surface area contributed by atoms with Crippen molar-refractivity contribution in [1.29, 1.82) is 0 Å². The van der Waals surface area contributed by atoms with Crippen LogP contribution >= 0.6 is 0 Å². The van der Waals surface area contributed by atoms with Gasteiger partial charge in [0.05, 0.1) is 17.1 Å². The molecule has 1 aliphatic heterocycles. The summed E-state index contributed by atoms with van der Waals surface area (Å²) in [5.41, 5.74) is 5.55. The normalized spacial score (nSPS) is 17.3. The van der Waals surface area contributed by atoms with Crippen molar-refractivity contribution in [2.75, 3.05) is 10.8 Å². The van der Waals surface area contributed by atoms with Crippen molar-refractivity contribution in [1.82, 2.24) is 0 Å². The number of benzene rings is 2. The first kappa shape index (κ1) is 15.3. The zero-order valence-corrected chi connectivity index (χ0v) is 12.7. The molecule has 0 unspecified atom stereocenters. The van der Waals surface area contributed by atoms with Crippen molar-refractivity contribution in [3.63, 3.8) is 0 Å². The van der Waals surface area contributed by atoms with Gasteiger partial charge in [-0.1, -0.05) is 12.1 Å². The summed E-state index contributed by atoms with van der Waals surface area (Å²) in [5.74, 6) is -1.06. The third kappa shape index (κ3) is 2.72. The molecule has 3 rings (SSSR count). The van der Waals surface area contributed by atoms with Crippen molar-refractivity contribution in [2.45, 2.75) is 11.0 Å². The lowest BCUT2D eigenvalue weighted by atomic mass is 10.2. The molecular weight excluding hydrogens is 323 g/mol. The molecule has 120 valence electrons. The fraction of sp³-hybridized carbons (Fsp3) is 0.133. The van der Waals surface area contributed by atoms with Gasteiger partial charge in [-0.15, -0.1) is 0 Å². The summed E-state index contributed by atoms with van der Waals surface area (Å²) >= 11 is 0. The van der Waals surface area contributed by atoms with E-state index in [0.29, 0.717) is 5.69 Å². The summed E-state index contributed by atoms with van der Waals surface area (Å²) in [6.45, 7) is -0.244. The van der Waals surface area contributed by atoms with Gasteiger partial charge in [0, 0.05) is 0 Å². The molecule has 1 amide bonds. The molecule has 2 N–H and O–H groups in total. The molecule has 2 aromatic rings. The number of para-hydroxylation sites is 2. The Labute approximate surface area is 132 Å². The SMILES string of the molecule is NC(=O)[C@@H]1CN(S(=O)(=O)c2ccc(F)cc2)c2ccccc2O1. The van der Waals surface area contributed by atoms with E-state index in [-0.39, 0.29) is 17.2 Å². The van der Waals surface area contributed by atoms with E-state index in [0.717, 1.165) is 16.4 Å². The van der Waals surface area contributed by atoms with Gasteiger partial charge >= 0.3 is 0 Å². The monoisotopic (exact) mass is 336 g/mol. The molecule has 1 atom stereocenters. The molecule has 0 saturated heterocycles. The molecule has 0 spiro atoms. The molecule has 0 bridgehead atoms. The molecule has 0 saturated carbocycles. The van der Waals surface area contributed by atoms with E-state index >= 15 is 0 Å². The van der Waals surface area contributed by atoms with Crippen LogP contribution in [-0.4, -0.2) is 27.0 Å². The Kier molecular flexibility index (Phi) is 3.69. The Balaban J connectivity index is 2.10. The van der Waals surface area contributed by atoms with Gasteiger partial charge in [0.2, 0.25) is 0 Å². The first-order chi connectivity index (χ1) is 10.9. The number of ether oxygens (including phenoxy) is 1. The summed E-state index contributed by atoms with van der Waals surface area (Å²) < 4.78 is 45.2. The molecule has 6 nitrogen and oxygen atoms in total. The molecule has 0 aliphatic carbocycles. The zero-order chi connectivity index (χ0) is 16.6. The minimum atomic E-state index is -3.98. The third-order valence-corrected chi connectivity index (χ3v) is 5.25. The fourth-order valence-corrected chi connectivity index (χ4v) is 3.79. The number of sulfonamides is 1. The Morgan fingerprint density at radius 2 is 1.83 bits per heavy atom. The largest absolute Gasteiger partial charge is 0.476 e. The number of fused-ring (bicyclic) bond motifs is 1. The number of hydrogen-bond acceptors (Lipinski definition) is 4. The molecule has 0 radical (unpaired) electrons. The van der Waals surface area contributed by atoms with Gasteiger partial charge in [0.1, 0.15) is 11.6 Å². The number of hydrogen-bond donors (Lipinski definition) is 1. The minimum Gasteiger partial charge on any atom is -0.476 e. The summed E-state index contributed by atoms with van der Waals surface area (Å²) in [5, 5.41) is 0. The molecule has 8 heteroatoms. The Bertz CT molecular complexity index is 852. The predicted molar refractivity (Wildman–Crippen MR) is 81.0 cm³/mol. The number of anilines is 1. The van der Waals surface area contributed by atoms with Crippen LogP contribution in [0.15, 0.2) is 53.4 Å². The van der Waals surface area contributed by atoms with Gasteiger partial charge in [-0.2, -0.15) is 0 Å². The lowest BCUT2D eigenvalue weighted by Gasteiger charge is -2.34. The second kappa shape index (κ2) is 5.54. The highest BCUT2D eigenvalue weighted by Crippen LogP contribution is 2.36. The van der Waals surface area contributed by atoms with Crippen LogP contribution in [0.2, 0.25) is 0 Å². The highest BCUT2D eigenvalue weighted by atomic mass is 32.2. The number of nitrogens with zero attached hydrogens (tertiary/aromatic N) is 1. The van der Waals surface area contributed by atoms with E-state index in [4.69, 9.17) is 10.5 Å². The molecule has 1 aliphatic rings. The third-order valence-electron chi connectivity index (χ3n) is 3.45. The molecule has 0 aromatic heterocycles. The minimum absolute atomic E-state index is 0.0844. The van der Waals surface area contributed by atoms with E-state index in [1.165, 1.54) is 12.1 Å². The molecule has 2 aromatic carbocycles. The van der Waals surface area contributed by atoms with Crippen molar-refractivity contribution in [3.05, 3.63) is 54.3 Å². The number of nitrogens with two attached hydrogens (primary N) is 1. The number of primary amides is 1. The van der Waals surface area contributed by atoms with Crippen molar-refractivity contribution in [2.24, 2.45) is 5.73 Å². The zero-order valence-electron chi connectivity index (χ0n) is 11.8. The van der Waals surface area contributed by atoms with Crippen LogP contribution in [0.25, 0.3) is 0 Å². The van der Waals surface area contributed by atoms with Crippen LogP contribution in [0.4, 0.5) is 10.1 Å². The van der Waals surface area contributed by atoms with Crippen molar-refractivity contribution >= 4 is 21.6 Å². The number of rotatable bonds is 3. The van der Waals surface area contributed by atoms with Crippen LogP contribution in [0.5, 0.6) is 5.75 Å². The van der Waals surface area contributed by atoms with Gasteiger partial charge in [0.25, 0.3) is 15.9 Å². The summed E-state index contributed by atoms with van der Waals surface area (Å²) in [6, 6.07) is 10.9. The predicted octanol–water partition coefficient (Wildman–Crippen LogP) is 1.27. The summed E-state index contributed by atoms with van der Waals surface area (Å²) in [6.07, 6.45) is -1.10. The standard InChI is InChI=1S/C15H13FN2O4S/c16-10-5-7-11(8-6-10)23(20,21)18-9-14(15(17)19)22-13-4-2-1-3-12(13)18/h1-8,14H,9H2,(H2,17,19)/t14-/m0/s1. The fourth-order valence-electron chi connectivity index (χ4n) is 2.31. The van der Waals surface area contributed by atoms with E-state index in [2.05, 4.69) is 0 Å². The van der Waals surface area contributed by atoms with Crippen LogP contribution in [-0.2, 0) is 14.8 Å². The lowest BCUT2D eigenvalue weighted by molar-refractivity contribution is -0.124. The lowest BCUT2D eigenvalue weighted by Crippen LogP contribution is -2.49. The van der Waals surface area contributed by atoms with E-state index < -0.39 is 27.9 Å². The topological polar surface area (TPSA) is 89.7 Å². The molecule has 0 fully saturated rings. The smallest absolute Gasteiger partial charge is 0.264 e. The van der Waals surface area contributed by atoms with Crippen LogP contribution in [0.1, 0.15) is 0 Å². The second-order valence-electron chi connectivity index (χ2n) is 4.97. The van der Waals surface area contributed by atoms with Crippen LogP contribution < -0.4 is 14.8 Å². The first-order valence-corrected chi connectivity index (χ1v) is 8.17. The van der Waals surface area contributed by atoms with Gasteiger partial charge in [-0.25, -0.2) is 12.8 Å². The second-order valence-corrected chi connectivity index (χ2v) is 6.83. The number of carbonyl (C=O) groups excluding carboxylic acids is 1. The van der Waals surface area contributed by atoms with E-state index in [1.807, 2.05) is 0 Å². The van der Waals surface area contributed by atoms with Crippen molar-refractivity contribution < 1.29 is 22.3 Å². The average molecular weight is 336 g/mol. The maximum atomic E-state index is 13.0. The number of amides is 1. The molecule has 23 heavy (non-hydrogen) atoms. The van der Waals surface area contributed by atoms with Gasteiger partial charge < -0.3 is 10.5 Å². The number of halogens is 1. The number of carbonyl (C=O) groups is 1. The van der Waals surface area contributed by atoms with Crippen LogP contribution in [0, 0.1) is 5.82 Å². The maximum absolute atomic E-state index is 13.0. The highest BCUT2D eigenvalue weighted by Gasteiger charge is 2.36. The van der Waals surface area contributed by atoms with E-state index in [9.17, 15) is 17.6 Å². The van der Waals surface area contributed by atoms with Gasteiger partial charge in [0.15, 0.2) is 6.10 Å². The Morgan fingerprint density at radius 3 is 2.48 bits per heavy atom. The summed E-state index contributed by atoms with van der Waals surface area (Å²) in [7, 11) is -3.98. The Morgan fingerprint density at radius 1 is 1.17 bits per heavy atom. The quantitative estimate of drug-likeness (QED) is 0.914.